The zero-order valence-electron chi connectivity index (χ0n) is 11.1. The van der Waals surface area contributed by atoms with Gasteiger partial charge >= 0.3 is 0 Å². The van der Waals surface area contributed by atoms with Crippen LogP contribution in [0.15, 0.2) is 24.3 Å². The van der Waals surface area contributed by atoms with Gasteiger partial charge in [-0.05, 0) is 24.7 Å². The van der Waals surface area contributed by atoms with Gasteiger partial charge in [0.25, 0.3) is 0 Å². The van der Waals surface area contributed by atoms with Gasteiger partial charge in [0.05, 0.1) is 6.61 Å². The van der Waals surface area contributed by atoms with E-state index in [1.807, 2.05) is 38.1 Å². The van der Waals surface area contributed by atoms with Crippen molar-refractivity contribution in [1.29, 1.82) is 0 Å². The molecule has 0 aromatic heterocycles. The van der Waals surface area contributed by atoms with Crippen molar-refractivity contribution in [3.8, 4) is 5.75 Å². The monoisotopic (exact) mass is 269 g/mol. The molecule has 102 valence electrons. The highest BCUT2D eigenvalue weighted by Gasteiger charge is 2.12. The number of benzene rings is 1. The number of rotatable bonds is 8. The third-order valence-corrected chi connectivity index (χ3v) is 4.03. The molecule has 0 saturated heterocycles. The van der Waals surface area contributed by atoms with E-state index in [4.69, 9.17) is 15.6 Å². The zero-order valence-corrected chi connectivity index (χ0v) is 12.0. The second kappa shape index (κ2) is 8.40. The Hall–Kier alpha value is -0.710. The van der Waals surface area contributed by atoms with E-state index in [0.717, 1.165) is 22.8 Å². The second-order valence-corrected chi connectivity index (χ2v) is 5.48. The van der Waals surface area contributed by atoms with E-state index in [9.17, 15) is 0 Å². The van der Waals surface area contributed by atoms with Crippen LogP contribution >= 0.6 is 11.8 Å². The molecule has 3 N–H and O–H groups in total. The van der Waals surface area contributed by atoms with Gasteiger partial charge < -0.3 is 15.6 Å². The summed E-state index contributed by atoms with van der Waals surface area (Å²) in [7, 11) is 0. The fraction of sp³-hybridized carbons (Fsp3) is 0.571. The Morgan fingerprint density at radius 3 is 2.72 bits per heavy atom. The van der Waals surface area contributed by atoms with Crippen LogP contribution in [-0.2, 0) is 0 Å². The highest BCUT2D eigenvalue weighted by molar-refractivity contribution is 7.99. The standard InChI is InChI=1S/C14H23NO2S/c1-3-17-14-7-5-4-6-12(14)13(15)10-18-9-11(2)8-16/h4-7,11,13,16H,3,8-10,15H2,1-2H3. The fourth-order valence-electron chi connectivity index (χ4n) is 1.61. The molecule has 0 aliphatic heterocycles. The Labute approximate surface area is 114 Å². The normalized spacial score (nSPS) is 14.2. The van der Waals surface area contributed by atoms with Crippen LogP contribution < -0.4 is 10.5 Å². The molecule has 0 radical (unpaired) electrons. The van der Waals surface area contributed by atoms with Crippen LogP contribution in [0.1, 0.15) is 25.5 Å². The second-order valence-electron chi connectivity index (χ2n) is 4.40. The average molecular weight is 269 g/mol. The topological polar surface area (TPSA) is 55.5 Å². The molecule has 2 unspecified atom stereocenters. The van der Waals surface area contributed by atoms with Crippen molar-refractivity contribution >= 4 is 11.8 Å². The molecule has 0 bridgehead atoms. The van der Waals surface area contributed by atoms with Crippen molar-refractivity contribution in [2.24, 2.45) is 11.7 Å². The van der Waals surface area contributed by atoms with Crippen LogP contribution in [0, 0.1) is 5.92 Å². The van der Waals surface area contributed by atoms with Crippen LogP contribution in [0.4, 0.5) is 0 Å². The molecule has 1 rings (SSSR count). The number of para-hydroxylation sites is 1. The Bertz CT molecular complexity index is 346. The van der Waals surface area contributed by atoms with Gasteiger partial charge in [-0.25, -0.2) is 0 Å². The molecule has 0 heterocycles. The van der Waals surface area contributed by atoms with Crippen molar-refractivity contribution in [2.45, 2.75) is 19.9 Å². The lowest BCUT2D eigenvalue weighted by Gasteiger charge is -2.17. The first-order valence-electron chi connectivity index (χ1n) is 6.34. The zero-order chi connectivity index (χ0) is 13.4. The maximum atomic E-state index is 8.97. The molecule has 18 heavy (non-hydrogen) atoms. The van der Waals surface area contributed by atoms with Crippen molar-refractivity contribution in [3.63, 3.8) is 0 Å². The minimum Gasteiger partial charge on any atom is -0.494 e. The number of aliphatic hydroxyl groups excluding tert-OH is 1. The van der Waals surface area contributed by atoms with Crippen molar-refractivity contribution < 1.29 is 9.84 Å². The lowest BCUT2D eigenvalue weighted by atomic mass is 10.1. The highest BCUT2D eigenvalue weighted by atomic mass is 32.2. The van der Waals surface area contributed by atoms with E-state index in [2.05, 4.69) is 0 Å². The molecule has 0 aliphatic carbocycles. The highest BCUT2D eigenvalue weighted by Crippen LogP contribution is 2.26. The van der Waals surface area contributed by atoms with Crippen molar-refractivity contribution in [1.82, 2.24) is 0 Å². The minimum atomic E-state index is -0.0244. The molecule has 0 amide bonds. The van der Waals surface area contributed by atoms with Gasteiger partial charge in [0, 0.05) is 24.0 Å². The number of hydrogen-bond donors (Lipinski definition) is 2. The summed E-state index contributed by atoms with van der Waals surface area (Å²) in [5.41, 5.74) is 7.25. The average Bonchev–Trinajstić information content (AvgIpc) is 2.39. The number of ether oxygens (including phenoxy) is 1. The van der Waals surface area contributed by atoms with E-state index >= 15 is 0 Å². The van der Waals surface area contributed by atoms with Crippen LogP contribution in [0.2, 0.25) is 0 Å². The molecule has 0 saturated carbocycles. The summed E-state index contributed by atoms with van der Waals surface area (Å²) in [5.74, 6) is 2.97. The smallest absolute Gasteiger partial charge is 0.124 e. The van der Waals surface area contributed by atoms with Crippen LogP contribution in [0.25, 0.3) is 0 Å². The van der Waals surface area contributed by atoms with Gasteiger partial charge in [-0.3, -0.25) is 0 Å². The number of hydrogen-bond acceptors (Lipinski definition) is 4. The summed E-state index contributed by atoms with van der Waals surface area (Å²) in [6.07, 6.45) is 0. The maximum absolute atomic E-state index is 8.97. The van der Waals surface area contributed by atoms with Gasteiger partial charge in [0.2, 0.25) is 0 Å². The SMILES string of the molecule is CCOc1ccccc1C(N)CSCC(C)CO. The molecule has 1 aromatic rings. The lowest BCUT2D eigenvalue weighted by molar-refractivity contribution is 0.250. The molecular weight excluding hydrogens is 246 g/mol. The quantitative estimate of drug-likeness (QED) is 0.761. The Balaban J connectivity index is 2.52. The van der Waals surface area contributed by atoms with Gasteiger partial charge in [-0.1, -0.05) is 25.1 Å². The summed E-state index contributed by atoms with van der Waals surface area (Å²) in [4.78, 5) is 0. The predicted molar refractivity (Wildman–Crippen MR) is 78.1 cm³/mol. The number of nitrogens with two attached hydrogens (primary N) is 1. The summed E-state index contributed by atoms with van der Waals surface area (Å²) in [5, 5.41) is 8.97. The van der Waals surface area contributed by atoms with E-state index in [1.165, 1.54) is 0 Å². The predicted octanol–water partition coefficient (Wildman–Crippen LogP) is 2.45. The van der Waals surface area contributed by atoms with Gasteiger partial charge in [-0.2, -0.15) is 11.8 Å². The summed E-state index contributed by atoms with van der Waals surface area (Å²) in [6.45, 7) is 4.89. The van der Waals surface area contributed by atoms with Gasteiger partial charge in [-0.15, -0.1) is 0 Å². The van der Waals surface area contributed by atoms with E-state index in [1.54, 1.807) is 11.8 Å². The van der Waals surface area contributed by atoms with E-state index in [0.29, 0.717) is 12.5 Å². The minimum absolute atomic E-state index is 0.0244. The summed E-state index contributed by atoms with van der Waals surface area (Å²) in [6, 6.07) is 7.90. The maximum Gasteiger partial charge on any atom is 0.124 e. The molecule has 3 nitrogen and oxygen atoms in total. The van der Waals surface area contributed by atoms with E-state index < -0.39 is 0 Å². The molecular formula is C14H23NO2S. The first kappa shape index (κ1) is 15.3. The molecule has 2 atom stereocenters. The first-order chi connectivity index (χ1) is 8.69. The van der Waals surface area contributed by atoms with Gasteiger partial charge in [0.1, 0.15) is 5.75 Å². The van der Waals surface area contributed by atoms with Crippen molar-refractivity contribution in [2.75, 3.05) is 24.7 Å². The van der Waals surface area contributed by atoms with Crippen LogP contribution in [0.5, 0.6) is 5.75 Å². The van der Waals surface area contributed by atoms with Gasteiger partial charge in [0.15, 0.2) is 0 Å². The molecule has 1 aromatic carbocycles. The molecule has 0 fully saturated rings. The molecule has 0 aliphatic rings. The van der Waals surface area contributed by atoms with Crippen LogP contribution in [0.3, 0.4) is 0 Å². The largest absolute Gasteiger partial charge is 0.494 e. The summed E-state index contributed by atoms with van der Waals surface area (Å²) >= 11 is 1.78. The van der Waals surface area contributed by atoms with Crippen molar-refractivity contribution in [3.05, 3.63) is 29.8 Å². The summed E-state index contributed by atoms with van der Waals surface area (Å²) < 4.78 is 5.58. The Kier molecular flexibility index (Phi) is 7.16. The third kappa shape index (κ3) is 4.88. The Morgan fingerprint density at radius 1 is 1.33 bits per heavy atom. The Morgan fingerprint density at radius 2 is 2.06 bits per heavy atom. The number of thioether (sulfide) groups is 1. The molecule has 4 heteroatoms. The van der Waals surface area contributed by atoms with Crippen LogP contribution in [-0.4, -0.2) is 29.8 Å². The third-order valence-electron chi connectivity index (χ3n) is 2.63. The van der Waals surface area contributed by atoms with E-state index in [-0.39, 0.29) is 12.6 Å². The first-order valence-corrected chi connectivity index (χ1v) is 7.50. The molecule has 0 spiro atoms. The number of aliphatic hydroxyl groups is 1. The fourth-order valence-corrected chi connectivity index (χ4v) is 2.69. The lowest BCUT2D eigenvalue weighted by Crippen LogP contribution is -2.16.